The van der Waals surface area contributed by atoms with Crippen LogP contribution >= 0.6 is 0 Å². The van der Waals surface area contributed by atoms with E-state index in [2.05, 4.69) is 5.32 Å². The fourth-order valence-corrected chi connectivity index (χ4v) is 3.53. The molecule has 0 aliphatic carbocycles. The summed E-state index contributed by atoms with van der Waals surface area (Å²) in [6.07, 6.45) is 1.33. The van der Waals surface area contributed by atoms with Gasteiger partial charge in [-0.25, -0.2) is 9.59 Å². The number of nitrogens with one attached hydrogen (secondary N) is 1. The van der Waals surface area contributed by atoms with Crippen molar-refractivity contribution in [3.63, 3.8) is 0 Å². The summed E-state index contributed by atoms with van der Waals surface area (Å²) in [5, 5.41) is 2.91. The zero-order valence-electron chi connectivity index (χ0n) is 20.2. The fourth-order valence-electron chi connectivity index (χ4n) is 3.53. The third-order valence-corrected chi connectivity index (χ3v) is 4.80. The maximum Gasteiger partial charge on any atom is 0.331 e. The van der Waals surface area contributed by atoms with Gasteiger partial charge in [0, 0.05) is 31.8 Å². The predicted molar refractivity (Wildman–Crippen MR) is 114 cm³/mol. The van der Waals surface area contributed by atoms with Crippen molar-refractivity contribution in [2.45, 2.75) is 96.9 Å². The molecule has 2 aliphatic rings. The van der Waals surface area contributed by atoms with Crippen LogP contribution in [0.3, 0.4) is 0 Å². The summed E-state index contributed by atoms with van der Waals surface area (Å²) in [4.78, 5) is 26.5. The van der Waals surface area contributed by atoms with Gasteiger partial charge in [-0.3, -0.25) is 0 Å². The number of nitrogens with zero attached hydrogens (tertiary/aromatic N) is 1. The molecule has 1 N–H and O–H groups in total. The van der Waals surface area contributed by atoms with E-state index in [4.69, 9.17) is 23.7 Å². The fraction of sp³-hybridized carbons (Fsp3) is 0.818. The molecular weight excluding hydrogens is 404 g/mol. The maximum atomic E-state index is 12.9. The number of hydrogen-bond acceptors (Lipinski definition) is 7. The summed E-state index contributed by atoms with van der Waals surface area (Å²) in [6.45, 7) is 15.3. The van der Waals surface area contributed by atoms with Gasteiger partial charge in [0.15, 0.2) is 12.1 Å². The van der Waals surface area contributed by atoms with Crippen molar-refractivity contribution in [2.24, 2.45) is 0 Å². The number of ether oxygens (including phenoxy) is 5. The minimum absolute atomic E-state index is 0.238. The average Bonchev–Trinajstić information content (AvgIpc) is 3.06. The van der Waals surface area contributed by atoms with Crippen LogP contribution in [0.2, 0.25) is 0 Å². The number of carbonyl (C=O) groups excluding carboxylic acids is 2. The number of urea groups is 1. The van der Waals surface area contributed by atoms with E-state index in [-0.39, 0.29) is 31.3 Å². The lowest BCUT2D eigenvalue weighted by Crippen LogP contribution is -2.52. The molecule has 0 unspecified atom stereocenters. The normalized spacial score (nSPS) is 27.9. The molecule has 9 heteroatoms. The van der Waals surface area contributed by atoms with Crippen LogP contribution in [0.25, 0.3) is 0 Å². The monoisotopic (exact) mass is 442 g/mol. The van der Waals surface area contributed by atoms with Gasteiger partial charge in [-0.05, 0) is 55.4 Å². The number of fused-ring (bicyclic) bond motifs is 1. The Morgan fingerprint density at radius 2 is 1.71 bits per heavy atom. The van der Waals surface area contributed by atoms with Gasteiger partial charge in [0.05, 0.1) is 0 Å². The summed E-state index contributed by atoms with van der Waals surface area (Å²) in [6, 6.07) is -0.277. The van der Waals surface area contributed by atoms with E-state index in [1.165, 1.54) is 6.08 Å². The molecule has 2 fully saturated rings. The highest BCUT2D eigenvalue weighted by Crippen LogP contribution is 2.38. The molecule has 178 valence electrons. The minimum atomic E-state index is -0.734. The van der Waals surface area contributed by atoms with Crippen LogP contribution in [0.5, 0.6) is 0 Å². The van der Waals surface area contributed by atoms with E-state index in [1.54, 1.807) is 38.9 Å². The van der Waals surface area contributed by atoms with Crippen LogP contribution in [-0.2, 0) is 28.5 Å². The van der Waals surface area contributed by atoms with Crippen molar-refractivity contribution in [2.75, 3.05) is 20.2 Å². The van der Waals surface area contributed by atoms with Crippen molar-refractivity contribution in [1.29, 1.82) is 0 Å². The molecule has 2 rings (SSSR count). The third-order valence-electron chi connectivity index (χ3n) is 4.80. The second-order valence-electron chi connectivity index (χ2n) is 10.2. The molecule has 0 radical (unpaired) electrons. The molecule has 0 aromatic carbocycles. The molecule has 2 saturated heterocycles. The first-order valence-corrected chi connectivity index (χ1v) is 10.6. The lowest BCUT2D eigenvalue weighted by molar-refractivity contribution is -0.226. The maximum absolute atomic E-state index is 12.9. The minimum Gasteiger partial charge on any atom is -0.457 e. The Balaban J connectivity index is 1.96. The molecule has 0 saturated carbocycles. The standard InChI is InChI=1S/C22H38N2O7/c1-20(2,3)24(12-10-11-15(25)29-21(4,5)6)19(26)23-13-14-16-17(18(27-9)28-14)31-22(7,8)30-16/h10-11,14,16-18H,12-13H2,1-9H3,(H,23,26)/b11-10+/t14-,16-,17-,18-/m1/s1. The van der Waals surface area contributed by atoms with Crippen molar-refractivity contribution < 1.29 is 33.3 Å². The van der Waals surface area contributed by atoms with Gasteiger partial charge >= 0.3 is 12.0 Å². The molecular formula is C22H38N2O7. The van der Waals surface area contributed by atoms with Crippen molar-refractivity contribution in [3.05, 3.63) is 12.2 Å². The molecule has 2 heterocycles. The molecule has 9 nitrogen and oxygen atoms in total. The lowest BCUT2D eigenvalue weighted by Gasteiger charge is -2.35. The Hall–Kier alpha value is -1.68. The Labute approximate surface area is 185 Å². The van der Waals surface area contributed by atoms with E-state index in [0.717, 1.165) is 0 Å². The van der Waals surface area contributed by atoms with Crippen LogP contribution in [-0.4, -0.2) is 78.6 Å². The number of carbonyl (C=O) groups is 2. The Kier molecular flexibility index (Phi) is 7.79. The molecule has 4 atom stereocenters. The smallest absolute Gasteiger partial charge is 0.331 e. The molecule has 2 aliphatic heterocycles. The highest BCUT2D eigenvalue weighted by atomic mass is 16.8. The molecule has 0 aromatic heterocycles. The summed E-state index contributed by atoms with van der Waals surface area (Å²) in [7, 11) is 1.55. The summed E-state index contributed by atoms with van der Waals surface area (Å²) in [5.74, 6) is -1.18. The summed E-state index contributed by atoms with van der Waals surface area (Å²) in [5.41, 5.74) is -1.03. The van der Waals surface area contributed by atoms with E-state index in [1.807, 2.05) is 34.6 Å². The quantitative estimate of drug-likeness (QED) is 0.499. The van der Waals surface area contributed by atoms with Gasteiger partial charge in [0.1, 0.15) is 23.9 Å². The van der Waals surface area contributed by atoms with Crippen LogP contribution < -0.4 is 5.32 Å². The van der Waals surface area contributed by atoms with Gasteiger partial charge in [-0.15, -0.1) is 0 Å². The first kappa shape index (κ1) is 25.6. The van der Waals surface area contributed by atoms with Gasteiger partial charge in [0.2, 0.25) is 0 Å². The van der Waals surface area contributed by atoms with Gasteiger partial charge in [0.25, 0.3) is 0 Å². The SMILES string of the molecule is CO[C@@H]1O[C@H](CNC(=O)N(C/C=C/C(=O)OC(C)(C)C)C(C)(C)C)[C@H]2OC(C)(C)O[C@@H]12. The Bertz CT molecular complexity index is 678. The highest BCUT2D eigenvalue weighted by molar-refractivity contribution is 5.82. The Morgan fingerprint density at radius 1 is 1.10 bits per heavy atom. The van der Waals surface area contributed by atoms with Gasteiger partial charge in [-0.2, -0.15) is 0 Å². The average molecular weight is 443 g/mol. The lowest BCUT2D eigenvalue weighted by atomic mass is 10.1. The largest absolute Gasteiger partial charge is 0.457 e. The number of esters is 1. The topological polar surface area (TPSA) is 95.6 Å². The second kappa shape index (κ2) is 9.44. The van der Waals surface area contributed by atoms with E-state index in [9.17, 15) is 9.59 Å². The molecule has 31 heavy (non-hydrogen) atoms. The molecule has 0 bridgehead atoms. The number of hydrogen-bond donors (Lipinski definition) is 1. The first-order valence-electron chi connectivity index (χ1n) is 10.6. The van der Waals surface area contributed by atoms with Crippen molar-refractivity contribution >= 4 is 12.0 Å². The number of amides is 2. The van der Waals surface area contributed by atoms with Crippen LogP contribution in [0.4, 0.5) is 4.79 Å². The second-order valence-corrected chi connectivity index (χ2v) is 10.2. The zero-order chi connectivity index (χ0) is 23.6. The van der Waals surface area contributed by atoms with E-state index >= 15 is 0 Å². The van der Waals surface area contributed by atoms with Crippen LogP contribution in [0.15, 0.2) is 12.2 Å². The van der Waals surface area contributed by atoms with Gasteiger partial charge < -0.3 is 33.9 Å². The number of methoxy groups -OCH3 is 1. The van der Waals surface area contributed by atoms with E-state index in [0.29, 0.717) is 0 Å². The molecule has 0 spiro atoms. The number of rotatable bonds is 6. The third kappa shape index (κ3) is 7.17. The van der Waals surface area contributed by atoms with E-state index < -0.39 is 35.3 Å². The predicted octanol–water partition coefficient (Wildman–Crippen LogP) is 2.59. The van der Waals surface area contributed by atoms with Crippen LogP contribution in [0, 0.1) is 0 Å². The molecule has 0 aromatic rings. The first-order chi connectivity index (χ1) is 14.1. The highest BCUT2D eigenvalue weighted by Gasteiger charge is 2.55. The Morgan fingerprint density at radius 3 is 2.26 bits per heavy atom. The zero-order valence-corrected chi connectivity index (χ0v) is 20.2. The van der Waals surface area contributed by atoms with Crippen LogP contribution in [0.1, 0.15) is 55.4 Å². The molecule has 2 amide bonds. The summed E-state index contributed by atoms with van der Waals surface area (Å²) >= 11 is 0. The van der Waals surface area contributed by atoms with Crippen molar-refractivity contribution in [1.82, 2.24) is 10.2 Å². The van der Waals surface area contributed by atoms with Crippen molar-refractivity contribution in [3.8, 4) is 0 Å². The summed E-state index contributed by atoms with van der Waals surface area (Å²) < 4.78 is 28.3. The van der Waals surface area contributed by atoms with Gasteiger partial charge in [-0.1, -0.05) is 6.08 Å².